The normalized spacial score (nSPS) is 27.8. The smallest absolute Gasteiger partial charge is 0.410 e. The average molecular weight is 633 g/mol. The Bertz CT molecular complexity index is 1480. The number of aliphatic hydroxyl groups is 1. The lowest BCUT2D eigenvalue weighted by Gasteiger charge is -2.49. The zero-order valence-electron chi connectivity index (χ0n) is 25.5. The van der Waals surface area contributed by atoms with E-state index < -0.39 is 66.6 Å². The summed E-state index contributed by atoms with van der Waals surface area (Å²) in [6.45, 7) is 3.26. The molecule has 0 aromatic heterocycles. The van der Waals surface area contributed by atoms with Gasteiger partial charge in [-0.25, -0.2) is 4.79 Å². The molecule has 1 saturated heterocycles. The van der Waals surface area contributed by atoms with Crippen LogP contribution in [0, 0.1) is 5.92 Å². The van der Waals surface area contributed by atoms with Gasteiger partial charge in [0.2, 0.25) is 0 Å². The highest BCUT2D eigenvalue weighted by atomic mass is 16.6. The molecule has 4 unspecified atom stereocenters. The van der Waals surface area contributed by atoms with Crippen molar-refractivity contribution in [2.75, 3.05) is 0 Å². The van der Waals surface area contributed by atoms with E-state index in [2.05, 4.69) is 30.1 Å². The van der Waals surface area contributed by atoms with E-state index in [0.717, 1.165) is 18.1 Å². The fraction of sp³-hybridized carbons (Fsp3) is 0.533. The summed E-state index contributed by atoms with van der Waals surface area (Å²) in [6, 6.07) is 15.4. The van der Waals surface area contributed by atoms with E-state index in [0.29, 0.717) is 12.8 Å². The zero-order chi connectivity index (χ0) is 33.1. The lowest BCUT2D eigenvalue weighted by molar-refractivity contribution is -0.182. The topological polar surface area (TPSA) is 232 Å². The van der Waals surface area contributed by atoms with Crippen LogP contribution in [0.1, 0.15) is 44.2 Å². The highest BCUT2D eigenvalue weighted by Gasteiger charge is 2.52. The highest BCUT2D eigenvalue weighted by molar-refractivity contribution is 5.68. The Morgan fingerprint density at radius 2 is 1.52 bits per heavy atom. The molecule has 4 rings (SSSR count). The number of hydrogen-bond donors (Lipinski definition) is 1. The maximum absolute atomic E-state index is 13.6. The number of rotatable bonds is 11. The number of nitrogens with zero attached hydrogens (tertiary/aromatic N) is 10. The van der Waals surface area contributed by atoms with Crippen molar-refractivity contribution in [2.45, 2.75) is 94.8 Å². The summed E-state index contributed by atoms with van der Waals surface area (Å²) in [7, 11) is 0. The molecule has 2 fully saturated rings. The molecule has 2 aliphatic rings. The van der Waals surface area contributed by atoms with E-state index in [9.17, 15) is 25.8 Å². The summed E-state index contributed by atoms with van der Waals surface area (Å²) < 4.78 is 17.7. The summed E-state index contributed by atoms with van der Waals surface area (Å²) in [5.74, 6) is -1.72. The lowest BCUT2D eigenvalue weighted by atomic mass is 9.72. The molecule has 46 heavy (non-hydrogen) atoms. The second-order valence-corrected chi connectivity index (χ2v) is 11.3. The Kier molecular flexibility index (Phi) is 12.1. The minimum Gasteiger partial charge on any atom is -0.459 e. The van der Waals surface area contributed by atoms with Gasteiger partial charge in [0.15, 0.2) is 0 Å². The number of ether oxygens (including phenoxy) is 3. The van der Waals surface area contributed by atoms with Crippen LogP contribution in [0.25, 0.3) is 31.3 Å². The number of carbonyl (C=O) groups excluding carboxylic acids is 2. The molecule has 2 aromatic rings. The number of amides is 1. The third kappa shape index (κ3) is 8.39. The predicted molar refractivity (Wildman–Crippen MR) is 164 cm³/mol. The number of aliphatic hydroxyl groups excluding tert-OH is 1. The van der Waals surface area contributed by atoms with Crippen molar-refractivity contribution in [2.24, 2.45) is 21.3 Å². The van der Waals surface area contributed by atoms with Gasteiger partial charge in [0.05, 0.1) is 36.4 Å². The molecule has 1 N–H and O–H groups in total. The quantitative estimate of drug-likeness (QED) is 0.133. The van der Waals surface area contributed by atoms with E-state index in [1.807, 2.05) is 67.6 Å². The van der Waals surface area contributed by atoms with Crippen LogP contribution < -0.4 is 0 Å². The van der Waals surface area contributed by atoms with Crippen molar-refractivity contribution < 1.29 is 28.9 Å². The van der Waals surface area contributed by atoms with Crippen molar-refractivity contribution in [3.8, 4) is 0 Å². The van der Waals surface area contributed by atoms with Crippen LogP contribution in [0.5, 0.6) is 0 Å². The molecule has 0 spiro atoms. The minimum absolute atomic E-state index is 0.0528. The first-order valence-electron chi connectivity index (χ1n) is 14.9. The molecule has 16 nitrogen and oxygen atoms in total. The molecule has 1 amide bonds. The Balaban J connectivity index is 1.64. The minimum atomic E-state index is -1.50. The number of azide groups is 3. The van der Waals surface area contributed by atoms with Crippen LogP contribution in [0.4, 0.5) is 4.79 Å². The summed E-state index contributed by atoms with van der Waals surface area (Å²) in [5, 5.41) is 23.0. The molecular weight excluding hydrogens is 596 g/mol. The van der Waals surface area contributed by atoms with E-state index in [1.54, 1.807) is 4.90 Å². The summed E-state index contributed by atoms with van der Waals surface area (Å²) in [4.78, 5) is 35.8. The van der Waals surface area contributed by atoms with Gasteiger partial charge in [0, 0.05) is 40.2 Å². The van der Waals surface area contributed by atoms with Gasteiger partial charge in [-0.3, -0.25) is 9.69 Å². The van der Waals surface area contributed by atoms with Gasteiger partial charge in [-0.2, -0.15) is 0 Å². The molecule has 0 radical (unpaired) electrons. The first kappa shape index (κ1) is 33.9. The standard InChI is InChI=1S/C30H36N10O6/c1-18(40(16-20-9-5-3-6-10-20)30(43)44-17-21-11-7-4-8-12-21)25-14-13-22(34-37-31)28(46-25)26-23(35-38-32)15-24(36-39-33)29(27(26)42)45-19(2)41/h3-12,18,22-29,42H,13-17H2,1-2H3/t18-,22?,23?,24?,25-,26+,27-,28?,29-/m0/s1. The molecule has 1 aliphatic carbocycles. The Hall–Kier alpha value is -4.97. The van der Waals surface area contributed by atoms with E-state index in [4.69, 9.17) is 19.7 Å². The molecule has 2 aromatic carbocycles. The second-order valence-electron chi connectivity index (χ2n) is 11.3. The van der Waals surface area contributed by atoms with Gasteiger partial charge >= 0.3 is 12.1 Å². The molecule has 1 aliphatic heterocycles. The fourth-order valence-electron chi connectivity index (χ4n) is 6.25. The van der Waals surface area contributed by atoms with Crippen LogP contribution in [0.15, 0.2) is 76.0 Å². The maximum Gasteiger partial charge on any atom is 0.410 e. The monoisotopic (exact) mass is 632 g/mol. The Morgan fingerprint density at radius 1 is 0.935 bits per heavy atom. The largest absolute Gasteiger partial charge is 0.459 e. The highest BCUT2D eigenvalue weighted by Crippen LogP contribution is 2.40. The number of carbonyl (C=O) groups is 2. The van der Waals surface area contributed by atoms with Crippen molar-refractivity contribution in [3.63, 3.8) is 0 Å². The van der Waals surface area contributed by atoms with Crippen LogP contribution in [0.3, 0.4) is 0 Å². The van der Waals surface area contributed by atoms with Crippen molar-refractivity contribution in [3.05, 3.63) is 103 Å². The molecule has 16 heteroatoms. The van der Waals surface area contributed by atoms with Crippen molar-refractivity contribution in [1.82, 2.24) is 4.90 Å². The van der Waals surface area contributed by atoms with Crippen LogP contribution in [-0.2, 0) is 32.2 Å². The molecule has 1 saturated carbocycles. The van der Waals surface area contributed by atoms with Crippen LogP contribution in [-0.4, -0.2) is 70.7 Å². The molecular formula is C30H36N10O6. The van der Waals surface area contributed by atoms with Gasteiger partial charge < -0.3 is 19.3 Å². The summed E-state index contributed by atoms with van der Waals surface area (Å²) in [5.41, 5.74) is 29.5. The molecule has 0 bridgehead atoms. The molecule has 242 valence electrons. The average Bonchev–Trinajstić information content (AvgIpc) is 3.05. The zero-order valence-corrected chi connectivity index (χ0v) is 25.5. The van der Waals surface area contributed by atoms with Crippen LogP contribution >= 0.6 is 0 Å². The van der Waals surface area contributed by atoms with Gasteiger partial charge in [0.1, 0.15) is 12.7 Å². The fourth-order valence-corrected chi connectivity index (χ4v) is 6.25. The first-order chi connectivity index (χ1) is 22.3. The van der Waals surface area contributed by atoms with E-state index in [-0.39, 0.29) is 19.6 Å². The van der Waals surface area contributed by atoms with Crippen molar-refractivity contribution in [1.29, 1.82) is 0 Å². The Morgan fingerprint density at radius 3 is 2.13 bits per heavy atom. The number of hydrogen-bond acceptors (Lipinski definition) is 9. The molecule has 1 heterocycles. The van der Waals surface area contributed by atoms with E-state index >= 15 is 0 Å². The first-order valence-corrected chi connectivity index (χ1v) is 14.9. The third-order valence-corrected chi connectivity index (χ3v) is 8.44. The number of benzene rings is 2. The van der Waals surface area contributed by atoms with Gasteiger partial charge in [0.25, 0.3) is 0 Å². The van der Waals surface area contributed by atoms with Crippen molar-refractivity contribution >= 4 is 12.1 Å². The van der Waals surface area contributed by atoms with E-state index in [1.165, 1.54) is 0 Å². The second kappa shape index (κ2) is 16.4. The molecule has 9 atom stereocenters. The van der Waals surface area contributed by atoms with Crippen LogP contribution in [0.2, 0.25) is 0 Å². The number of esters is 1. The SMILES string of the molecule is CC(=O)O[C@H]1C(N=[N+]=[N-])CC(N=[N+]=[N-])[C@@H](C2O[C@H]([C@H](C)N(Cc3ccccc3)C(=O)OCc3ccccc3)CCC2N=[N+]=[N-])[C@@H]1O. The predicted octanol–water partition coefficient (Wildman–Crippen LogP) is 6.11. The third-order valence-electron chi connectivity index (χ3n) is 8.44. The lowest BCUT2D eigenvalue weighted by Crippen LogP contribution is -2.61. The van der Waals surface area contributed by atoms with Gasteiger partial charge in [-0.15, -0.1) is 0 Å². The summed E-state index contributed by atoms with van der Waals surface area (Å²) in [6.07, 6.45) is -4.29. The van der Waals surface area contributed by atoms with Gasteiger partial charge in [-0.1, -0.05) is 76.0 Å². The Labute approximate surface area is 265 Å². The van der Waals surface area contributed by atoms with Gasteiger partial charge in [-0.05, 0) is 53.9 Å². The summed E-state index contributed by atoms with van der Waals surface area (Å²) >= 11 is 0. The maximum atomic E-state index is 13.6.